The monoisotopic (exact) mass is 351 g/mol. The van der Waals surface area contributed by atoms with E-state index in [0.717, 1.165) is 35.3 Å². The summed E-state index contributed by atoms with van der Waals surface area (Å²) in [4.78, 5) is 0. The quantitative estimate of drug-likeness (QED) is 0.841. The number of tetrazole rings is 1. The van der Waals surface area contributed by atoms with Gasteiger partial charge in [-0.15, -0.1) is 5.10 Å². The van der Waals surface area contributed by atoms with E-state index in [9.17, 15) is 0 Å². The van der Waals surface area contributed by atoms with E-state index >= 15 is 0 Å². The Kier molecular flexibility index (Phi) is 3.71. The molecule has 0 bridgehead atoms. The summed E-state index contributed by atoms with van der Waals surface area (Å²) >= 11 is 3.54. The molecule has 112 valence electrons. The summed E-state index contributed by atoms with van der Waals surface area (Å²) in [5, 5.41) is 12.2. The lowest BCUT2D eigenvalue weighted by molar-refractivity contribution is -0.0707. The molecule has 21 heavy (non-hydrogen) atoms. The fraction of sp³-hybridized carbons (Fsp3) is 0.500. The van der Waals surface area contributed by atoms with E-state index in [2.05, 4.69) is 45.3 Å². The van der Waals surface area contributed by atoms with Crippen molar-refractivity contribution in [3.8, 4) is 11.4 Å². The summed E-state index contributed by atoms with van der Waals surface area (Å²) in [6.45, 7) is 4.91. The maximum Gasteiger partial charge on any atom is 0.183 e. The number of nitrogens with zero attached hydrogens (tertiary/aromatic N) is 4. The predicted molar refractivity (Wildman–Crippen MR) is 83.7 cm³/mol. The molecule has 0 radical (unpaired) electrons. The van der Waals surface area contributed by atoms with Crippen molar-refractivity contribution in [2.45, 2.75) is 38.3 Å². The SMILES string of the molecule is CC1(C)CC(n2nnnc2-c2cc(N)ccc2Br)CCO1. The summed E-state index contributed by atoms with van der Waals surface area (Å²) in [5.41, 5.74) is 7.33. The number of aromatic nitrogens is 4. The van der Waals surface area contributed by atoms with Gasteiger partial charge >= 0.3 is 0 Å². The predicted octanol–water partition coefficient (Wildman–Crippen LogP) is 2.81. The molecule has 1 atom stereocenters. The molecule has 0 spiro atoms. The molecule has 1 unspecified atom stereocenters. The van der Waals surface area contributed by atoms with Crippen LogP contribution in [0.25, 0.3) is 11.4 Å². The zero-order chi connectivity index (χ0) is 15.0. The third kappa shape index (κ3) is 2.94. The van der Waals surface area contributed by atoms with Gasteiger partial charge in [0.2, 0.25) is 0 Å². The molecule has 2 heterocycles. The molecule has 6 nitrogen and oxygen atoms in total. The van der Waals surface area contributed by atoms with Crippen LogP contribution in [-0.4, -0.2) is 32.4 Å². The van der Waals surface area contributed by atoms with Gasteiger partial charge in [-0.2, -0.15) is 0 Å². The highest BCUT2D eigenvalue weighted by molar-refractivity contribution is 9.10. The minimum atomic E-state index is -0.154. The summed E-state index contributed by atoms with van der Waals surface area (Å²) in [5.74, 6) is 0.733. The van der Waals surface area contributed by atoms with E-state index in [4.69, 9.17) is 10.5 Å². The Hall–Kier alpha value is -1.47. The van der Waals surface area contributed by atoms with Crippen LogP contribution in [0.2, 0.25) is 0 Å². The minimum absolute atomic E-state index is 0.154. The van der Waals surface area contributed by atoms with Crippen molar-refractivity contribution in [1.82, 2.24) is 20.2 Å². The van der Waals surface area contributed by atoms with Crippen molar-refractivity contribution in [1.29, 1.82) is 0 Å². The van der Waals surface area contributed by atoms with Crippen LogP contribution in [0.1, 0.15) is 32.7 Å². The molecule has 3 rings (SSSR count). The highest BCUT2D eigenvalue weighted by Gasteiger charge is 2.32. The summed E-state index contributed by atoms with van der Waals surface area (Å²) < 4.78 is 8.59. The number of ether oxygens (including phenoxy) is 1. The molecular weight excluding hydrogens is 334 g/mol. The fourth-order valence-corrected chi connectivity index (χ4v) is 3.16. The summed E-state index contributed by atoms with van der Waals surface area (Å²) in [6.07, 6.45) is 1.78. The van der Waals surface area contributed by atoms with Gasteiger partial charge in [-0.05, 0) is 55.3 Å². The van der Waals surface area contributed by atoms with Crippen molar-refractivity contribution in [3.63, 3.8) is 0 Å². The van der Waals surface area contributed by atoms with Crippen LogP contribution in [0.4, 0.5) is 5.69 Å². The molecule has 1 fully saturated rings. The first-order valence-corrected chi connectivity index (χ1v) is 7.73. The lowest BCUT2D eigenvalue weighted by atomic mass is 9.94. The maximum absolute atomic E-state index is 5.89. The van der Waals surface area contributed by atoms with Crippen molar-refractivity contribution in [2.75, 3.05) is 12.3 Å². The lowest BCUT2D eigenvalue weighted by Crippen LogP contribution is -2.35. The molecule has 1 saturated heterocycles. The van der Waals surface area contributed by atoms with Gasteiger partial charge < -0.3 is 10.5 Å². The standard InChI is InChI=1S/C14H18BrN5O/c1-14(2)8-10(5-6-21-14)20-13(17-18-19-20)11-7-9(16)3-4-12(11)15/h3-4,7,10H,5-6,8,16H2,1-2H3. The molecule has 0 saturated carbocycles. The molecule has 2 N–H and O–H groups in total. The Labute approximate surface area is 131 Å². The topological polar surface area (TPSA) is 78.9 Å². The lowest BCUT2D eigenvalue weighted by Gasteiger charge is -2.35. The van der Waals surface area contributed by atoms with Crippen LogP contribution in [0, 0.1) is 0 Å². The first-order valence-electron chi connectivity index (χ1n) is 6.93. The Bertz CT molecular complexity index is 655. The molecular formula is C14H18BrN5O. The average Bonchev–Trinajstić information content (AvgIpc) is 2.89. The van der Waals surface area contributed by atoms with E-state index in [0.29, 0.717) is 5.69 Å². The first-order chi connectivity index (χ1) is 9.96. The van der Waals surface area contributed by atoms with E-state index < -0.39 is 0 Å². The van der Waals surface area contributed by atoms with Crippen molar-refractivity contribution >= 4 is 21.6 Å². The number of hydrogen-bond acceptors (Lipinski definition) is 5. The van der Waals surface area contributed by atoms with Gasteiger partial charge in [0.05, 0.1) is 11.6 Å². The molecule has 0 aliphatic carbocycles. The molecule has 7 heteroatoms. The van der Waals surface area contributed by atoms with Crippen molar-refractivity contribution < 1.29 is 4.74 Å². The van der Waals surface area contributed by atoms with Crippen molar-refractivity contribution in [2.24, 2.45) is 0 Å². The molecule has 0 amide bonds. The smallest absolute Gasteiger partial charge is 0.183 e. The zero-order valence-corrected chi connectivity index (χ0v) is 13.7. The third-order valence-electron chi connectivity index (χ3n) is 3.74. The highest BCUT2D eigenvalue weighted by atomic mass is 79.9. The second-order valence-corrected chi connectivity index (χ2v) is 6.80. The van der Waals surface area contributed by atoms with E-state index in [-0.39, 0.29) is 11.6 Å². The second kappa shape index (κ2) is 5.38. The second-order valence-electron chi connectivity index (χ2n) is 5.94. The Balaban J connectivity index is 1.99. The van der Waals surface area contributed by atoms with E-state index in [1.165, 1.54) is 0 Å². The Morgan fingerprint density at radius 3 is 3.00 bits per heavy atom. The van der Waals surface area contributed by atoms with E-state index in [1.54, 1.807) is 0 Å². The number of nitrogens with two attached hydrogens (primary N) is 1. The van der Waals surface area contributed by atoms with Crippen LogP contribution in [0.5, 0.6) is 0 Å². The number of benzene rings is 1. The number of hydrogen-bond donors (Lipinski definition) is 1. The van der Waals surface area contributed by atoms with Gasteiger partial charge in [0, 0.05) is 22.3 Å². The largest absolute Gasteiger partial charge is 0.399 e. The van der Waals surface area contributed by atoms with Crippen LogP contribution in [0.15, 0.2) is 22.7 Å². The summed E-state index contributed by atoms with van der Waals surface area (Å²) in [6, 6.07) is 5.88. The summed E-state index contributed by atoms with van der Waals surface area (Å²) in [7, 11) is 0. The van der Waals surface area contributed by atoms with Crippen LogP contribution in [0.3, 0.4) is 0 Å². The zero-order valence-electron chi connectivity index (χ0n) is 12.1. The number of nitrogen functional groups attached to an aromatic ring is 1. The Morgan fingerprint density at radius 2 is 2.24 bits per heavy atom. The van der Waals surface area contributed by atoms with Crippen molar-refractivity contribution in [3.05, 3.63) is 22.7 Å². The molecule has 1 aliphatic heterocycles. The molecule has 1 aliphatic rings. The van der Waals surface area contributed by atoms with Crippen LogP contribution in [-0.2, 0) is 4.74 Å². The fourth-order valence-electron chi connectivity index (χ4n) is 2.74. The first kappa shape index (κ1) is 14.5. The third-order valence-corrected chi connectivity index (χ3v) is 4.43. The Morgan fingerprint density at radius 1 is 1.43 bits per heavy atom. The van der Waals surface area contributed by atoms with Gasteiger partial charge in [0.25, 0.3) is 0 Å². The van der Waals surface area contributed by atoms with Gasteiger partial charge in [-0.25, -0.2) is 4.68 Å². The maximum atomic E-state index is 5.89. The highest BCUT2D eigenvalue weighted by Crippen LogP contribution is 2.35. The number of rotatable bonds is 2. The molecule has 2 aromatic rings. The van der Waals surface area contributed by atoms with Crippen LogP contribution >= 0.6 is 15.9 Å². The number of anilines is 1. The minimum Gasteiger partial charge on any atom is -0.399 e. The van der Waals surface area contributed by atoms with Gasteiger partial charge in [0.15, 0.2) is 5.82 Å². The molecule has 1 aromatic carbocycles. The normalized spacial score (nSPS) is 21.4. The van der Waals surface area contributed by atoms with Gasteiger partial charge in [-0.1, -0.05) is 15.9 Å². The average molecular weight is 352 g/mol. The van der Waals surface area contributed by atoms with Crippen LogP contribution < -0.4 is 5.73 Å². The molecule has 1 aromatic heterocycles. The van der Waals surface area contributed by atoms with Gasteiger partial charge in [-0.3, -0.25) is 0 Å². The van der Waals surface area contributed by atoms with Gasteiger partial charge in [0.1, 0.15) is 0 Å². The number of halogens is 1. The van der Waals surface area contributed by atoms with E-state index in [1.807, 2.05) is 22.9 Å².